The number of nitrogens with two attached hydrogens (primary N) is 1. The quantitative estimate of drug-likeness (QED) is 0.385. The van der Waals surface area contributed by atoms with Crippen LogP contribution in [0.1, 0.15) is 42.9 Å². The standard InChI is InChI=1S/C23H21BrF3N5O/c24-20-17-5-2-10-29-18(17)19-21(30-20)31(12-13-3-1-4-14(11-13)23(25,26)27)22(33)32(19)16-8-6-15(28)7-9-16/h1-5,10-11,15-16H,6-9,12,28H2. The second-order valence-electron chi connectivity index (χ2n) is 8.48. The van der Waals surface area contributed by atoms with E-state index in [1.165, 1.54) is 10.6 Å². The molecule has 2 N–H and O–H groups in total. The van der Waals surface area contributed by atoms with Crippen LogP contribution in [0.3, 0.4) is 0 Å². The van der Waals surface area contributed by atoms with Gasteiger partial charge in [0.05, 0.1) is 12.1 Å². The summed E-state index contributed by atoms with van der Waals surface area (Å²) in [6.45, 7) is -0.0315. The molecule has 3 aromatic heterocycles. The second kappa shape index (κ2) is 8.25. The average molecular weight is 520 g/mol. The molecule has 5 rings (SSSR count). The van der Waals surface area contributed by atoms with Gasteiger partial charge in [0.25, 0.3) is 0 Å². The van der Waals surface area contributed by atoms with Gasteiger partial charge in [-0.2, -0.15) is 13.2 Å². The summed E-state index contributed by atoms with van der Waals surface area (Å²) in [4.78, 5) is 22.9. The molecule has 6 nitrogen and oxygen atoms in total. The van der Waals surface area contributed by atoms with E-state index in [1.54, 1.807) is 22.9 Å². The molecule has 0 spiro atoms. The van der Waals surface area contributed by atoms with Gasteiger partial charge in [0.1, 0.15) is 15.6 Å². The van der Waals surface area contributed by atoms with E-state index in [9.17, 15) is 18.0 Å². The van der Waals surface area contributed by atoms with Crippen LogP contribution in [0.25, 0.3) is 22.1 Å². The van der Waals surface area contributed by atoms with Gasteiger partial charge in [0.2, 0.25) is 0 Å². The fourth-order valence-electron chi connectivity index (χ4n) is 4.67. The van der Waals surface area contributed by atoms with E-state index in [1.807, 2.05) is 6.07 Å². The molecule has 0 bridgehead atoms. The molecule has 33 heavy (non-hydrogen) atoms. The van der Waals surface area contributed by atoms with Crippen molar-refractivity contribution in [2.75, 3.05) is 0 Å². The van der Waals surface area contributed by atoms with Gasteiger partial charge in [0, 0.05) is 23.7 Å². The molecular formula is C23H21BrF3N5O. The zero-order chi connectivity index (χ0) is 23.3. The first-order chi connectivity index (χ1) is 15.7. The van der Waals surface area contributed by atoms with Crippen molar-refractivity contribution in [1.29, 1.82) is 0 Å². The van der Waals surface area contributed by atoms with E-state index < -0.39 is 11.7 Å². The van der Waals surface area contributed by atoms with E-state index in [4.69, 9.17) is 5.73 Å². The van der Waals surface area contributed by atoms with Gasteiger partial charge in [-0.3, -0.25) is 14.1 Å². The monoisotopic (exact) mass is 519 g/mol. The predicted molar refractivity (Wildman–Crippen MR) is 123 cm³/mol. The summed E-state index contributed by atoms with van der Waals surface area (Å²) in [6, 6.07) is 8.73. The Hall–Kier alpha value is -2.72. The molecule has 3 heterocycles. The summed E-state index contributed by atoms with van der Waals surface area (Å²) >= 11 is 3.47. The lowest BCUT2D eigenvalue weighted by molar-refractivity contribution is -0.137. The first-order valence-electron chi connectivity index (χ1n) is 10.7. The molecule has 1 aromatic carbocycles. The fourth-order valence-corrected chi connectivity index (χ4v) is 5.16. The third-order valence-corrected chi connectivity index (χ3v) is 6.91. The minimum atomic E-state index is -4.46. The summed E-state index contributed by atoms with van der Waals surface area (Å²) in [6.07, 6.45) is 0.281. The summed E-state index contributed by atoms with van der Waals surface area (Å²) in [5.74, 6) is 0. The maximum Gasteiger partial charge on any atom is 0.416 e. The second-order valence-corrected chi connectivity index (χ2v) is 9.23. The molecule has 4 aromatic rings. The number of alkyl halides is 3. The topological polar surface area (TPSA) is 78.7 Å². The van der Waals surface area contributed by atoms with Crippen molar-refractivity contribution in [2.45, 2.75) is 50.5 Å². The molecule has 0 amide bonds. The Morgan fingerprint density at radius 2 is 1.88 bits per heavy atom. The van der Waals surface area contributed by atoms with Crippen LogP contribution in [0.2, 0.25) is 0 Å². The first kappa shape index (κ1) is 22.1. The number of hydrogen-bond donors (Lipinski definition) is 1. The predicted octanol–water partition coefficient (Wildman–Crippen LogP) is 5.02. The minimum absolute atomic E-state index is 0.0315. The molecule has 10 heteroatoms. The van der Waals surface area contributed by atoms with Gasteiger partial charge in [-0.1, -0.05) is 12.1 Å². The number of benzene rings is 1. The van der Waals surface area contributed by atoms with Gasteiger partial charge in [-0.05, 0) is 71.4 Å². The van der Waals surface area contributed by atoms with Crippen LogP contribution < -0.4 is 11.4 Å². The van der Waals surface area contributed by atoms with E-state index in [-0.39, 0.29) is 24.3 Å². The van der Waals surface area contributed by atoms with E-state index in [2.05, 4.69) is 25.9 Å². The highest BCUT2D eigenvalue weighted by Gasteiger charge is 2.31. The molecular weight excluding hydrogens is 499 g/mol. The number of aromatic nitrogens is 4. The van der Waals surface area contributed by atoms with Crippen molar-refractivity contribution in [1.82, 2.24) is 19.1 Å². The summed E-state index contributed by atoms with van der Waals surface area (Å²) in [5, 5.41) is 0.766. The first-order valence-corrected chi connectivity index (χ1v) is 11.5. The third kappa shape index (κ3) is 3.95. The molecule has 1 saturated carbocycles. The normalized spacial score (nSPS) is 19.4. The third-order valence-electron chi connectivity index (χ3n) is 6.31. The van der Waals surface area contributed by atoms with Gasteiger partial charge in [-0.25, -0.2) is 9.78 Å². The summed E-state index contributed by atoms with van der Waals surface area (Å²) in [7, 11) is 0. The molecule has 0 aliphatic heterocycles. The Morgan fingerprint density at radius 1 is 1.12 bits per heavy atom. The van der Waals surface area contributed by atoms with Crippen molar-refractivity contribution >= 4 is 38.0 Å². The Labute approximate surface area is 195 Å². The van der Waals surface area contributed by atoms with E-state index in [0.29, 0.717) is 26.8 Å². The van der Waals surface area contributed by atoms with E-state index >= 15 is 0 Å². The Balaban J connectivity index is 1.73. The summed E-state index contributed by atoms with van der Waals surface area (Å²) < 4.78 is 43.4. The number of imidazole rings is 1. The molecule has 0 unspecified atom stereocenters. The molecule has 0 atom stereocenters. The van der Waals surface area contributed by atoms with Crippen molar-refractivity contribution in [3.63, 3.8) is 0 Å². The van der Waals surface area contributed by atoms with Crippen LogP contribution in [0, 0.1) is 0 Å². The average Bonchev–Trinajstić information content (AvgIpc) is 3.06. The van der Waals surface area contributed by atoms with E-state index in [0.717, 1.165) is 43.2 Å². The highest BCUT2D eigenvalue weighted by Crippen LogP contribution is 2.34. The maximum atomic E-state index is 13.7. The highest BCUT2D eigenvalue weighted by atomic mass is 79.9. The lowest BCUT2D eigenvalue weighted by Crippen LogP contribution is -2.33. The SMILES string of the molecule is NC1CCC(n2c(=O)n(Cc3cccc(C(F)(F)F)c3)c3nc(Br)c4cccnc4c32)CC1. The molecule has 0 saturated heterocycles. The van der Waals surface area contributed by atoms with Gasteiger partial charge in [-0.15, -0.1) is 0 Å². The molecule has 1 aliphatic carbocycles. The van der Waals surface area contributed by atoms with Gasteiger partial charge >= 0.3 is 11.9 Å². The Morgan fingerprint density at radius 3 is 2.61 bits per heavy atom. The number of fused-ring (bicyclic) bond motifs is 3. The fraction of sp³-hybridized carbons (Fsp3) is 0.348. The molecule has 172 valence electrons. The van der Waals surface area contributed by atoms with Crippen LogP contribution in [0.4, 0.5) is 13.2 Å². The number of rotatable bonds is 3. The molecule has 1 fully saturated rings. The largest absolute Gasteiger partial charge is 0.416 e. The highest BCUT2D eigenvalue weighted by molar-refractivity contribution is 9.10. The van der Waals surface area contributed by atoms with Crippen molar-refractivity contribution in [2.24, 2.45) is 5.73 Å². The smallest absolute Gasteiger partial charge is 0.328 e. The van der Waals surface area contributed by atoms with Crippen LogP contribution in [-0.2, 0) is 12.7 Å². The molecule has 1 aliphatic rings. The van der Waals surface area contributed by atoms with Crippen LogP contribution in [-0.4, -0.2) is 25.1 Å². The van der Waals surface area contributed by atoms with Crippen LogP contribution in [0.5, 0.6) is 0 Å². The number of pyridine rings is 2. The lowest BCUT2D eigenvalue weighted by Gasteiger charge is -2.27. The van der Waals surface area contributed by atoms with Gasteiger partial charge < -0.3 is 5.73 Å². The maximum absolute atomic E-state index is 13.7. The van der Waals surface area contributed by atoms with Crippen LogP contribution in [0.15, 0.2) is 52.0 Å². The van der Waals surface area contributed by atoms with Crippen molar-refractivity contribution < 1.29 is 13.2 Å². The van der Waals surface area contributed by atoms with Crippen LogP contribution >= 0.6 is 15.9 Å². The number of hydrogen-bond acceptors (Lipinski definition) is 4. The minimum Gasteiger partial charge on any atom is -0.328 e. The zero-order valence-electron chi connectivity index (χ0n) is 17.5. The Kier molecular flexibility index (Phi) is 5.52. The zero-order valence-corrected chi connectivity index (χ0v) is 19.1. The Bertz CT molecular complexity index is 1400. The number of halogens is 4. The van der Waals surface area contributed by atoms with Crippen molar-refractivity contribution in [3.05, 3.63) is 68.8 Å². The number of nitrogens with zero attached hydrogens (tertiary/aromatic N) is 4. The lowest BCUT2D eigenvalue weighted by atomic mass is 9.91. The van der Waals surface area contributed by atoms with Gasteiger partial charge in [0.15, 0.2) is 5.65 Å². The molecule has 0 radical (unpaired) electrons. The summed E-state index contributed by atoms with van der Waals surface area (Å²) in [5.41, 5.74) is 7.02. The van der Waals surface area contributed by atoms with Crippen molar-refractivity contribution in [3.8, 4) is 0 Å².